The van der Waals surface area contributed by atoms with Crippen LogP contribution in [-0.2, 0) is 33.0 Å². The van der Waals surface area contributed by atoms with Crippen molar-refractivity contribution in [1.29, 1.82) is 0 Å². The van der Waals surface area contributed by atoms with Crippen molar-refractivity contribution in [3.8, 4) is 22.6 Å². The van der Waals surface area contributed by atoms with Crippen LogP contribution < -0.4 is 20.1 Å². The van der Waals surface area contributed by atoms with Crippen molar-refractivity contribution < 1.29 is 23.8 Å². The van der Waals surface area contributed by atoms with Crippen LogP contribution in [0, 0.1) is 5.82 Å². The number of nitrogens with one attached hydrogen (secondary N) is 2. The van der Waals surface area contributed by atoms with Gasteiger partial charge in [0.2, 0.25) is 0 Å². The minimum absolute atomic E-state index is 0.0184. The predicted molar refractivity (Wildman–Crippen MR) is 193 cm³/mol. The van der Waals surface area contributed by atoms with Crippen LogP contribution in [0.1, 0.15) is 77.4 Å². The number of aromatic nitrogens is 2. The number of aliphatic hydroxyl groups excluding tert-OH is 1. The number of fused-ring (bicyclic) bond motifs is 2. The number of aliphatic hydroxyl groups is 1. The highest BCUT2D eigenvalue weighted by atomic mass is 35.5. The number of imidazole rings is 1. The van der Waals surface area contributed by atoms with Crippen LogP contribution in [-0.4, -0.2) is 57.8 Å². The minimum Gasteiger partial charge on any atom is -0.496 e. The Morgan fingerprint density at radius 1 is 1.10 bits per heavy atom. The highest BCUT2D eigenvalue weighted by molar-refractivity contribution is 6.36. The first kappa shape index (κ1) is 34.8. The van der Waals surface area contributed by atoms with Crippen LogP contribution in [0.3, 0.4) is 0 Å². The van der Waals surface area contributed by atoms with Crippen LogP contribution in [0.2, 0.25) is 10.0 Å². The maximum atomic E-state index is 15.6. The van der Waals surface area contributed by atoms with Gasteiger partial charge in [0.05, 0.1) is 30.1 Å². The lowest BCUT2D eigenvalue weighted by Crippen LogP contribution is -2.39. The molecule has 1 aromatic heterocycles. The van der Waals surface area contributed by atoms with Gasteiger partial charge in [-0.15, -0.1) is 0 Å². The zero-order valence-electron chi connectivity index (χ0n) is 28.5. The van der Waals surface area contributed by atoms with Gasteiger partial charge in [-0.3, -0.25) is 9.69 Å². The first-order valence-electron chi connectivity index (χ1n) is 17.2. The van der Waals surface area contributed by atoms with Gasteiger partial charge in [-0.2, -0.15) is 0 Å². The number of rotatable bonds is 11. The van der Waals surface area contributed by atoms with E-state index >= 15 is 4.39 Å². The molecule has 264 valence electrons. The van der Waals surface area contributed by atoms with Crippen LogP contribution in [0.5, 0.6) is 11.5 Å². The number of halogens is 3. The molecule has 7 rings (SSSR count). The van der Waals surface area contributed by atoms with Crippen molar-refractivity contribution >= 4 is 34.8 Å². The molecule has 12 heteroatoms. The molecule has 3 aromatic carbocycles. The van der Waals surface area contributed by atoms with E-state index in [9.17, 15) is 9.90 Å². The van der Waals surface area contributed by atoms with E-state index in [-0.39, 0.29) is 35.4 Å². The van der Waals surface area contributed by atoms with E-state index in [0.29, 0.717) is 59.8 Å². The molecule has 0 saturated heterocycles. The molecule has 9 nitrogen and oxygen atoms in total. The fourth-order valence-corrected chi connectivity index (χ4v) is 7.80. The number of carbonyl (C=O) groups excluding carboxylic acids is 1. The van der Waals surface area contributed by atoms with Gasteiger partial charge < -0.3 is 29.8 Å². The number of methoxy groups -OCH3 is 1. The van der Waals surface area contributed by atoms with E-state index in [4.69, 9.17) is 32.7 Å². The molecule has 1 aliphatic heterocycles. The number of carbonyl (C=O) groups is 1. The Morgan fingerprint density at radius 2 is 1.88 bits per heavy atom. The molecule has 0 spiro atoms. The van der Waals surface area contributed by atoms with E-state index in [1.807, 2.05) is 48.9 Å². The van der Waals surface area contributed by atoms with Crippen molar-refractivity contribution in [3.05, 3.63) is 92.2 Å². The summed E-state index contributed by atoms with van der Waals surface area (Å²) in [5, 5.41) is 16.3. The molecule has 2 heterocycles. The fraction of sp³-hybridized carbons (Fsp3) is 0.421. The first-order valence-corrected chi connectivity index (χ1v) is 18.0. The molecule has 0 bridgehead atoms. The Hall–Kier alpha value is -3.67. The van der Waals surface area contributed by atoms with Crippen molar-refractivity contribution in [1.82, 2.24) is 19.8 Å². The van der Waals surface area contributed by atoms with E-state index < -0.39 is 5.82 Å². The third-order valence-electron chi connectivity index (χ3n) is 10.5. The van der Waals surface area contributed by atoms with Crippen molar-refractivity contribution in [2.75, 3.05) is 25.6 Å². The molecule has 4 aromatic rings. The summed E-state index contributed by atoms with van der Waals surface area (Å²) >= 11 is 13.6. The second kappa shape index (κ2) is 14.5. The Labute approximate surface area is 301 Å². The molecule has 2 aliphatic carbocycles. The number of benzene rings is 3. The molecule has 2 unspecified atom stereocenters. The number of nitrogens with zero attached hydrogens (tertiary/aromatic N) is 3. The molecule has 1 saturated carbocycles. The first-order chi connectivity index (χ1) is 24.2. The Balaban J connectivity index is 1.11. The Morgan fingerprint density at radius 3 is 2.62 bits per heavy atom. The van der Waals surface area contributed by atoms with E-state index in [0.717, 1.165) is 59.4 Å². The highest BCUT2D eigenvalue weighted by Gasteiger charge is 2.31. The fourth-order valence-electron chi connectivity index (χ4n) is 7.31. The predicted octanol–water partition coefficient (Wildman–Crippen LogP) is 7.24. The van der Waals surface area contributed by atoms with Gasteiger partial charge >= 0.3 is 0 Å². The summed E-state index contributed by atoms with van der Waals surface area (Å²) in [5.41, 5.74) is 6.52. The monoisotopic (exact) mass is 721 g/mol. The van der Waals surface area contributed by atoms with Gasteiger partial charge in [-0.1, -0.05) is 60.0 Å². The van der Waals surface area contributed by atoms with Crippen molar-refractivity contribution in [3.63, 3.8) is 0 Å². The lowest BCUT2D eigenvalue weighted by atomic mass is 9.93. The molecule has 3 aliphatic rings. The smallest absolute Gasteiger partial charge is 0.291 e. The zero-order chi connectivity index (χ0) is 35.1. The second-order valence-corrected chi connectivity index (χ2v) is 14.2. The lowest BCUT2D eigenvalue weighted by molar-refractivity contribution is 0.101. The molecule has 0 radical (unpaired) electrons. The maximum Gasteiger partial charge on any atom is 0.291 e. The Bertz CT molecular complexity index is 1930. The quantitative estimate of drug-likeness (QED) is 0.150. The van der Waals surface area contributed by atoms with Crippen LogP contribution in [0.25, 0.3) is 11.1 Å². The zero-order valence-corrected chi connectivity index (χ0v) is 30.0. The van der Waals surface area contributed by atoms with Crippen molar-refractivity contribution in [2.45, 2.75) is 76.7 Å². The average Bonchev–Trinajstić information content (AvgIpc) is 3.67. The number of hydrogen-bond donors (Lipinski definition) is 3. The topological polar surface area (TPSA) is 101 Å². The van der Waals surface area contributed by atoms with Crippen LogP contribution in [0.15, 0.2) is 42.5 Å². The van der Waals surface area contributed by atoms with Gasteiger partial charge in [0.25, 0.3) is 5.91 Å². The largest absolute Gasteiger partial charge is 0.496 e. The molecule has 50 heavy (non-hydrogen) atoms. The van der Waals surface area contributed by atoms with Crippen LogP contribution >= 0.6 is 23.2 Å². The summed E-state index contributed by atoms with van der Waals surface area (Å²) in [6.07, 6.45) is 5.14. The summed E-state index contributed by atoms with van der Waals surface area (Å²) in [7, 11) is 3.38. The molecular formula is C38H42Cl2FN5O4. The summed E-state index contributed by atoms with van der Waals surface area (Å²) in [6.45, 7) is 3.75. The third-order valence-corrected chi connectivity index (χ3v) is 11.3. The SMILES string of the molecule is COc1cc(OC2CCc3c(-c4cccc(NC(=O)c5nc6c(n5C)CCN(C(C)CO)C6)c4Cl)cccc32)c(Cl)c(F)c1CNC1CCC1. The summed E-state index contributed by atoms with van der Waals surface area (Å²) in [4.78, 5) is 20.4. The van der Waals surface area contributed by atoms with Crippen molar-refractivity contribution in [2.24, 2.45) is 7.05 Å². The highest BCUT2D eigenvalue weighted by Crippen LogP contribution is 2.45. The third kappa shape index (κ3) is 6.48. The van der Waals surface area contributed by atoms with Gasteiger partial charge in [0, 0.05) is 68.1 Å². The van der Waals surface area contributed by atoms with Gasteiger partial charge in [0.15, 0.2) is 11.6 Å². The molecule has 1 fully saturated rings. The van der Waals surface area contributed by atoms with E-state index in [1.165, 1.54) is 13.5 Å². The van der Waals surface area contributed by atoms with Gasteiger partial charge in [-0.25, -0.2) is 9.37 Å². The molecule has 1 amide bonds. The normalized spacial score (nSPS) is 17.9. The van der Waals surface area contributed by atoms with E-state index in [1.54, 1.807) is 12.1 Å². The number of anilines is 1. The van der Waals surface area contributed by atoms with Gasteiger partial charge in [-0.05, 0) is 55.4 Å². The van der Waals surface area contributed by atoms with Crippen LogP contribution in [0.4, 0.5) is 10.1 Å². The second-order valence-electron chi connectivity index (χ2n) is 13.5. The summed E-state index contributed by atoms with van der Waals surface area (Å²) in [6, 6.07) is 13.7. The molecular weight excluding hydrogens is 680 g/mol. The lowest BCUT2D eigenvalue weighted by Gasteiger charge is -2.30. The number of ether oxygens (including phenoxy) is 2. The summed E-state index contributed by atoms with van der Waals surface area (Å²) in [5.74, 6) is 0.0690. The average molecular weight is 723 g/mol. The summed E-state index contributed by atoms with van der Waals surface area (Å²) < 4.78 is 29.4. The Kier molecular flexibility index (Phi) is 10.1. The molecule has 3 N–H and O–H groups in total. The number of amides is 1. The minimum atomic E-state index is -0.533. The van der Waals surface area contributed by atoms with Gasteiger partial charge in [0.1, 0.15) is 22.6 Å². The standard InChI is InChI=1S/C38H42Cl2FN5O4/c1-21(20-47)46-16-15-30-29(19-46)43-37(45(30)2)38(48)44-28-12-6-11-26(34(28)39)23-9-5-10-25-24(23)13-14-31(25)50-33-17-32(49-3)27(36(41)35(33)40)18-42-22-7-4-8-22/h5-6,9-12,17,21-22,31,42,47H,4,7-8,13-16,18-20H2,1-3H3,(H,44,48). The van der Waals surface area contributed by atoms with E-state index in [2.05, 4.69) is 20.5 Å². The number of hydrogen-bond acceptors (Lipinski definition) is 7. The maximum absolute atomic E-state index is 15.6. The molecule has 2 atom stereocenters.